The first-order valence-electron chi connectivity index (χ1n) is 8.42. The van der Waals surface area contributed by atoms with E-state index in [-0.39, 0.29) is 0 Å². The molecule has 4 nitrogen and oxygen atoms in total. The van der Waals surface area contributed by atoms with E-state index in [9.17, 15) is 0 Å². The summed E-state index contributed by atoms with van der Waals surface area (Å²) >= 11 is 1.40. The summed E-state index contributed by atoms with van der Waals surface area (Å²) in [5.41, 5.74) is 10.3. The number of nitrogens with two attached hydrogens (primary N) is 1. The minimum Gasteiger partial charge on any atom is -0.374 e. The van der Waals surface area contributed by atoms with Gasteiger partial charge in [-0.25, -0.2) is 0 Å². The predicted molar refractivity (Wildman–Crippen MR) is 108 cm³/mol. The first-order chi connectivity index (χ1) is 12.2. The molecular formula is C20H22N4S. The van der Waals surface area contributed by atoms with E-state index in [1.807, 2.05) is 18.2 Å². The van der Waals surface area contributed by atoms with Gasteiger partial charge in [0.1, 0.15) is 5.01 Å². The third-order valence-corrected chi connectivity index (χ3v) is 4.87. The molecule has 0 aliphatic rings. The largest absolute Gasteiger partial charge is 0.374 e. The van der Waals surface area contributed by atoms with Crippen molar-refractivity contribution < 1.29 is 0 Å². The number of hydrogen-bond donors (Lipinski definition) is 1. The van der Waals surface area contributed by atoms with E-state index >= 15 is 0 Å². The van der Waals surface area contributed by atoms with Gasteiger partial charge in [-0.3, -0.25) is 0 Å². The van der Waals surface area contributed by atoms with Gasteiger partial charge < -0.3 is 10.6 Å². The number of rotatable bonds is 6. The van der Waals surface area contributed by atoms with E-state index in [1.54, 1.807) is 0 Å². The zero-order valence-corrected chi connectivity index (χ0v) is 15.3. The Kier molecular flexibility index (Phi) is 5.46. The molecule has 0 aliphatic carbocycles. The van der Waals surface area contributed by atoms with Crippen LogP contribution in [0.25, 0.3) is 11.6 Å². The summed E-state index contributed by atoms with van der Waals surface area (Å²) in [5, 5.41) is 9.50. The van der Waals surface area contributed by atoms with Crippen LogP contribution in [-0.2, 0) is 0 Å². The highest BCUT2D eigenvalue weighted by atomic mass is 32.1. The van der Waals surface area contributed by atoms with Gasteiger partial charge in [-0.05, 0) is 43.2 Å². The van der Waals surface area contributed by atoms with Crippen LogP contribution in [-0.4, -0.2) is 23.3 Å². The lowest BCUT2D eigenvalue weighted by molar-refractivity contribution is 0.866. The highest BCUT2D eigenvalue weighted by Crippen LogP contribution is 2.29. The molecule has 128 valence electrons. The monoisotopic (exact) mass is 350 g/mol. The number of aromatic nitrogens is 2. The smallest absolute Gasteiger partial charge is 0.203 e. The van der Waals surface area contributed by atoms with Gasteiger partial charge in [0.2, 0.25) is 5.13 Å². The van der Waals surface area contributed by atoms with Gasteiger partial charge in [-0.2, -0.15) is 0 Å². The molecule has 1 heterocycles. The summed E-state index contributed by atoms with van der Waals surface area (Å²) in [4.78, 5) is 2.33. The summed E-state index contributed by atoms with van der Waals surface area (Å²) in [6, 6.07) is 18.8. The van der Waals surface area contributed by atoms with Crippen molar-refractivity contribution in [1.82, 2.24) is 10.2 Å². The normalized spacial score (nSPS) is 11.5. The molecule has 0 radical (unpaired) electrons. The lowest BCUT2D eigenvalue weighted by Gasteiger charge is -2.20. The Labute approximate surface area is 152 Å². The maximum absolute atomic E-state index is 5.78. The standard InChI is InChI=1S/C20H22N4S/c1-3-24(4-2)17-12-10-15(11-13-17)14-18(16-8-6-5-7-9-16)19-22-23-20(21)25-19/h5-14H,3-4H2,1-2H3,(H2,21,23)/b18-14+. The molecule has 2 aromatic carbocycles. The summed E-state index contributed by atoms with van der Waals surface area (Å²) < 4.78 is 0. The van der Waals surface area contributed by atoms with Gasteiger partial charge in [0.15, 0.2) is 0 Å². The third-order valence-electron chi connectivity index (χ3n) is 4.09. The van der Waals surface area contributed by atoms with Crippen molar-refractivity contribution in [1.29, 1.82) is 0 Å². The molecule has 25 heavy (non-hydrogen) atoms. The van der Waals surface area contributed by atoms with Crippen LogP contribution in [0.1, 0.15) is 30.0 Å². The van der Waals surface area contributed by atoms with Crippen LogP contribution in [0.2, 0.25) is 0 Å². The molecule has 2 N–H and O–H groups in total. The number of benzene rings is 2. The average molecular weight is 350 g/mol. The predicted octanol–water partition coefficient (Wildman–Crippen LogP) is 4.56. The van der Waals surface area contributed by atoms with Gasteiger partial charge >= 0.3 is 0 Å². The second-order valence-electron chi connectivity index (χ2n) is 5.63. The van der Waals surface area contributed by atoms with Crippen molar-refractivity contribution in [2.24, 2.45) is 0 Å². The lowest BCUT2D eigenvalue weighted by Crippen LogP contribution is -2.21. The summed E-state index contributed by atoms with van der Waals surface area (Å²) in [7, 11) is 0. The van der Waals surface area contributed by atoms with Gasteiger partial charge in [0.25, 0.3) is 0 Å². The van der Waals surface area contributed by atoms with E-state index in [0.29, 0.717) is 5.13 Å². The molecule has 0 amide bonds. The van der Waals surface area contributed by atoms with Crippen molar-refractivity contribution in [2.75, 3.05) is 23.7 Å². The van der Waals surface area contributed by atoms with Crippen molar-refractivity contribution in [3.05, 3.63) is 70.7 Å². The minimum atomic E-state index is 0.480. The average Bonchev–Trinajstić information content (AvgIpc) is 3.08. The fraction of sp³-hybridized carbons (Fsp3) is 0.200. The van der Waals surface area contributed by atoms with Crippen LogP contribution in [0.4, 0.5) is 10.8 Å². The quantitative estimate of drug-likeness (QED) is 0.662. The molecule has 1 aromatic heterocycles. The number of nitrogens with zero attached hydrogens (tertiary/aromatic N) is 3. The Morgan fingerprint density at radius 3 is 2.24 bits per heavy atom. The van der Waals surface area contributed by atoms with Crippen LogP contribution in [0.3, 0.4) is 0 Å². The highest BCUT2D eigenvalue weighted by Gasteiger charge is 2.11. The topological polar surface area (TPSA) is 55.0 Å². The first kappa shape index (κ1) is 17.2. The van der Waals surface area contributed by atoms with Crippen LogP contribution in [0, 0.1) is 0 Å². The van der Waals surface area contributed by atoms with E-state index in [0.717, 1.165) is 34.8 Å². The van der Waals surface area contributed by atoms with E-state index in [2.05, 4.69) is 71.4 Å². The summed E-state index contributed by atoms with van der Waals surface area (Å²) in [6.45, 7) is 6.35. The Bertz CT molecular complexity index is 834. The fourth-order valence-electron chi connectivity index (χ4n) is 2.77. The Morgan fingerprint density at radius 2 is 1.68 bits per heavy atom. The van der Waals surface area contributed by atoms with Crippen LogP contribution >= 0.6 is 11.3 Å². The van der Waals surface area contributed by atoms with E-state index < -0.39 is 0 Å². The maximum atomic E-state index is 5.78. The number of nitrogen functional groups attached to an aromatic ring is 1. The summed E-state index contributed by atoms with van der Waals surface area (Å²) in [6.07, 6.45) is 2.14. The minimum absolute atomic E-state index is 0.480. The Hall–Kier alpha value is -2.66. The van der Waals surface area contributed by atoms with Crippen molar-refractivity contribution >= 4 is 33.8 Å². The van der Waals surface area contributed by atoms with Gasteiger partial charge in [-0.15, -0.1) is 10.2 Å². The molecule has 0 fully saturated rings. The first-order valence-corrected chi connectivity index (χ1v) is 9.24. The SMILES string of the molecule is CCN(CC)c1ccc(/C=C(\c2ccccc2)c2nnc(N)s2)cc1. The second kappa shape index (κ2) is 7.94. The van der Waals surface area contributed by atoms with Crippen molar-refractivity contribution in [2.45, 2.75) is 13.8 Å². The fourth-order valence-corrected chi connectivity index (χ4v) is 3.41. The van der Waals surface area contributed by atoms with Gasteiger partial charge in [-0.1, -0.05) is 53.8 Å². The lowest BCUT2D eigenvalue weighted by atomic mass is 10.0. The Morgan fingerprint density at radius 1 is 1.00 bits per heavy atom. The zero-order chi connectivity index (χ0) is 17.6. The zero-order valence-electron chi connectivity index (χ0n) is 14.5. The van der Waals surface area contributed by atoms with Crippen LogP contribution in [0.5, 0.6) is 0 Å². The Balaban J connectivity index is 1.99. The van der Waals surface area contributed by atoms with Crippen molar-refractivity contribution in [3.63, 3.8) is 0 Å². The summed E-state index contributed by atoms with van der Waals surface area (Å²) in [5.74, 6) is 0. The molecular weight excluding hydrogens is 328 g/mol. The number of hydrogen-bond acceptors (Lipinski definition) is 5. The molecule has 0 atom stereocenters. The molecule has 5 heteroatoms. The molecule has 3 rings (SSSR count). The van der Waals surface area contributed by atoms with Crippen LogP contribution in [0.15, 0.2) is 54.6 Å². The van der Waals surface area contributed by atoms with E-state index in [1.165, 1.54) is 17.0 Å². The van der Waals surface area contributed by atoms with Crippen molar-refractivity contribution in [3.8, 4) is 0 Å². The van der Waals surface area contributed by atoms with Crippen LogP contribution < -0.4 is 10.6 Å². The molecule has 0 bridgehead atoms. The van der Waals surface area contributed by atoms with E-state index in [4.69, 9.17) is 5.73 Å². The van der Waals surface area contributed by atoms with Gasteiger partial charge in [0, 0.05) is 24.4 Å². The molecule has 3 aromatic rings. The number of anilines is 2. The second-order valence-corrected chi connectivity index (χ2v) is 6.64. The third kappa shape index (κ3) is 4.06. The maximum Gasteiger partial charge on any atom is 0.203 e. The molecule has 0 saturated carbocycles. The molecule has 0 spiro atoms. The van der Waals surface area contributed by atoms with Gasteiger partial charge in [0.05, 0.1) is 0 Å². The highest BCUT2D eigenvalue weighted by molar-refractivity contribution is 7.16. The molecule has 0 unspecified atom stereocenters. The molecule has 0 saturated heterocycles. The molecule has 0 aliphatic heterocycles.